The van der Waals surface area contributed by atoms with Crippen LogP contribution in [0.5, 0.6) is 0 Å². The second-order valence-electron chi connectivity index (χ2n) is 3.70. The van der Waals surface area contributed by atoms with E-state index in [9.17, 15) is 21.6 Å². The molecular weight excluding hydrogens is 257 g/mol. The molecule has 1 N–H and O–H groups in total. The van der Waals surface area contributed by atoms with Crippen molar-refractivity contribution in [3.63, 3.8) is 0 Å². The van der Waals surface area contributed by atoms with Crippen molar-refractivity contribution in [1.29, 1.82) is 0 Å². The summed E-state index contributed by atoms with van der Waals surface area (Å²) in [6.45, 7) is 1.63. The molecule has 1 aromatic carbocycles. The molecule has 96 valence electrons. The third-order valence-electron chi connectivity index (χ3n) is 2.17. The summed E-state index contributed by atoms with van der Waals surface area (Å²) in [5.74, 6) is 0. The first kappa shape index (κ1) is 14.0. The zero-order valence-corrected chi connectivity index (χ0v) is 9.77. The molecule has 0 heterocycles. The Balaban J connectivity index is 3.09. The lowest BCUT2D eigenvalue weighted by Crippen LogP contribution is -2.11. The molecule has 0 aromatic heterocycles. The van der Waals surface area contributed by atoms with Gasteiger partial charge >= 0.3 is 6.18 Å². The van der Waals surface area contributed by atoms with E-state index in [1.54, 1.807) is 6.92 Å². The molecule has 0 spiro atoms. The van der Waals surface area contributed by atoms with Crippen molar-refractivity contribution in [3.05, 3.63) is 29.3 Å². The van der Waals surface area contributed by atoms with Crippen LogP contribution in [0.4, 0.5) is 13.2 Å². The Morgan fingerprint density at radius 1 is 1.29 bits per heavy atom. The van der Waals surface area contributed by atoms with E-state index in [-0.39, 0.29) is 5.56 Å². The fourth-order valence-electron chi connectivity index (χ4n) is 1.43. The lowest BCUT2D eigenvalue weighted by Gasteiger charge is -2.10. The molecule has 0 bridgehead atoms. The van der Waals surface area contributed by atoms with Gasteiger partial charge in [0, 0.05) is 6.42 Å². The van der Waals surface area contributed by atoms with E-state index in [1.165, 1.54) is 12.1 Å². The molecule has 0 aliphatic rings. The van der Waals surface area contributed by atoms with Gasteiger partial charge in [0.15, 0.2) is 0 Å². The zero-order chi connectivity index (χ0) is 13.3. The van der Waals surface area contributed by atoms with Crippen LogP contribution in [0.1, 0.15) is 17.5 Å². The molecule has 0 radical (unpaired) electrons. The van der Waals surface area contributed by atoms with Crippen molar-refractivity contribution in [2.45, 2.75) is 30.8 Å². The molecule has 0 aliphatic heterocycles. The number of hydrogen-bond acceptors (Lipinski definition) is 2. The van der Waals surface area contributed by atoms with Crippen molar-refractivity contribution < 1.29 is 26.1 Å². The van der Waals surface area contributed by atoms with Gasteiger partial charge in [-0.3, -0.25) is 4.55 Å². The topological polar surface area (TPSA) is 54.4 Å². The van der Waals surface area contributed by atoms with Crippen LogP contribution in [0, 0.1) is 6.92 Å². The van der Waals surface area contributed by atoms with E-state index in [4.69, 9.17) is 4.55 Å². The average Bonchev–Trinajstić information content (AvgIpc) is 2.11. The molecule has 0 saturated carbocycles. The highest BCUT2D eigenvalue weighted by Gasteiger charge is 2.28. The van der Waals surface area contributed by atoms with Crippen LogP contribution in [0.3, 0.4) is 0 Å². The molecule has 3 nitrogen and oxygen atoms in total. The summed E-state index contributed by atoms with van der Waals surface area (Å²) in [6.07, 6.45) is -5.96. The summed E-state index contributed by atoms with van der Waals surface area (Å²) in [6, 6.07) is 3.85. The molecule has 0 saturated heterocycles. The quantitative estimate of drug-likeness (QED) is 0.857. The van der Waals surface area contributed by atoms with Crippen molar-refractivity contribution in [2.75, 3.05) is 0 Å². The van der Waals surface area contributed by atoms with E-state index < -0.39 is 34.0 Å². The van der Waals surface area contributed by atoms with Crippen LogP contribution in [0.25, 0.3) is 0 Å². The first-order valence-electron chi connectivity index (χ1n) is 4.73. The van der Waals surface area contributed by atoms with E-state index in [0.717, 1.165) is 6.07 Å². The SMILES string of the molecule is Cc1ccc(S(=O)(=O)O)c(CCC(F)(F)F)c1. The summed E-state index contributed by atoms with van der Waals surface area (Å²) in [4.78, 5) is -0.465. The van der Waals surface area contributed by atoms with Crippen LogP contribution in [0.15, 0.2) is 23.1 Å². The van der Waals surface area contributed by atoms with Crippen molar-refractivity contribution >= 4 is 10.1 Å². The van der Waals surface area contributed by atoms with Gasteiger partial charge in [-0.05, 0) is 25.0 Å². The molecule has 0 atom stereocenters. The number of rotatable bonds is 3. The highest BCUT2D eigenvalue weighted by Crippen LogP contribution is 2.25. The predicted molar refractivity (Wildman–Crippen MR) is 55.4 cm³/mol. The summed E-state index contributed by atoms with van der Waals surface area (Å²) >= 11 is 0. The van der Waals surface area contributed by atoms with Gasteiger partial charge in [-0.25, -0.2) is 0 Å². The highest BCUT2D eigenvalue weighted by atomic mass is 32.2. The van der Waals surface area contributed by atoms with Crippen LogP contribution >= 0.6 is 0 Å². The van der Waals surface area contributed by atoms with Gasteiger partial charge < -0.3 is 0 Å². The normalized spacial score (nSPS) is 12.8. The molecule has 0 unspecified atom stereocenters. The Morgan fingerprint density at radius 2 is 1.88 bits per heavy atom. The summed E-state index contributed by atoms with van der Waals surface area (Å²) in [5, 5.41) is 0. The van der Waals surface area contributed by atoms with Crippen molar-refractivity contribution in [3.8, 4) is 0 Å². The Hall–Kier alpha value is -1.08. The van der Waals surface area contributed by atoms with Crippen LogP contribution < -0.4 is 0 Å². The highest BCUT2D eigenvalue weighted by molar-refractivity contribution is 7.85. The van der Waals surface area contributed by atoms with Gasteiger partial charge in [0.1, 0.15) is 0 Å². The Labute approximate surface area is 97.0 Å². The van der Waals surface area contributed by atoms with Gasteiger partial charge in [0.05, 0.1) is 4.90 Å². The van der Waals surface area contributed by atoms with Gasteiger partial charge in [-0.15, -0.1) is 0 Å². The lowest BCUT2D eigenvalue weighted by molar-refractivity contribution is -0.134. The molecule has 1 rings (SSSR count). The Bertz CT molecular complexity index is 506. The maximum Gasteiger partial charge on any atom is 0.389 e. The number of halogens is 3. The van der Waals surface area contributed by atoms with Crippen LogP contribution in [0.2, 0.25) is 0 Å². The van der Waals surface area contributed by atoms with Crippen LogP contribution in [-0.2, 0) is 16.5 Å². The smallest absolute Gasteiger partial charge is 0.282 e. The van der Waals surface area contributed by atoms with Crippen molar-refractivity contribution in [2.24, 2.45) is 0 Å². The number of alkyl halides is 3. The fraction of sp³-hybridized carbons (Fsp3) is 0.400. The monoisotopic (exact) mass is 268 g/mol. The first-order chi connectivity index (χ1) is 7.59. The van der Waals surface area contributed by atoms with E-state index in [2.05, 4.69) is 0 Å². The summed E-state index contributed by atoms with van der Waals surface area (Å²) in [5.41, 5.74) is 0.611. The molecule has 0 aliphatic carbocycles. The number of benzene rings is 1. The summed E-state index contributed by atoms with van der Waals surface area (Å²) < 4.78 is 67.0. The third kappa shape index (κ3) is 4.35. The molecule has 17 heavy (non-hydrogen) atoms. The minimum atomic E-state index is -4.49. The third-order valence-corrected chi connectivity index (χ3v) is 3.13. The van der Waals surface area contributed by atoms with E-state index in [0.29, 0.717) is 5.56 Å². The Kier molecular flexibility index (Phi) is 3.83. The van der Waals surface area contributed by atoms with Gasteiger partial charge in [0.2, 0.25) is 0 Å². The molecule has 0 amide bonds. The molecule has 1 aromatic rings. The van der Waals surface area contributed by atoms with Crippen molar-refractivity contribution in [1.82, 2.24) is 0 Å². The summed E-state index contributed by atoms with van der Waals surface area (Å²) in [7, 11) is -4.49. The van der Waals surface area contributed by atoms with Gasteiger partial charge in [-0.1, -0.05) is 17.7 Å². The maximum absolute atomic E-state index is 12.1. The molecule has 0 fully saturated rings. The lowest BCUT2D eigenvalue weighted by atomic mass is 10.1. The Morgan fingerprint density at radius 3 is 2.35 bits per heavy atom. The molecular formula is C10H11F3O3S. The second-order valence-corrected chi connectivity index (χ2v) is 5.09. The predicted octanol–water partition coefficient (Wildman–Crippen LogP) is 2.74. The fourth-order valence-corrected chi connectivity index (χ4v) is 2.16. The average molecular weight is 268 g/mol. The minimum absolute atomic E-state index is 0.0233. The zero-order valence-electron chi connectivity index (χ0n) is 8.95. The van der Waals surface area contributed by atoms with Crippen LogP contribution in [-0.4, -0.2) is 19.1 Å². The van der Waals surface area contributed by atoms with Gasteiger partial charge in [0.25, 0.3) is 10.1 Å². The van der Waals surface area contributed by atoms with E-state index >= 15 is 0 Å². The number of hydrogen-bond donors (Lipinski definition) is 1. The largest absolute Gasteiger partial charge is 0.389 e. The van der Waals surface area contributed by atoms with Gasteiger partial charge in [-0.2, -0.15) is 21.6 Å². The molecule has 7 heteroatoms. The first-order valence-corrected chi connectivity index (χ1v) is 6.17. The second kappa shape index (κ2) is 4.66. The van der Waals surface area contributed by atoms with E-state index in [1.807, 2.05) is 0 Å². The minimum Gasteiger partial charge on any atom is -0.282 e. The number of aryl methyl sites for hydroxylation is 2. The maximum atomic E-state index is 12.1. The standard InChI is InChI=1S/C10H11F3O3S/c1-7-2-3-9(17(14,15)16)8(6-7)4-5-10(11,12)13/h2-3,6H,4-5H2,1H3,(H,14,15,16).